The molecule has 4 rings (SSSR count). The van der Waals surface area contributed by atoms with Crippen molar-refractivity contribution in [1.29, 1.82) is 5.26 Å². The zero-order chi connectivity index (χ0) is 29.4. The van der Waals surface area contributed by atoms with E-state index in [0.29, 0.717) is 12.8 Å². The molecule has 2 aliphatic rings. The lowest BCUT2D eigenvalue weighted by molar-refractivity contribution is -0.156. The number of carbonyl (C=O) groups is 3. The monoisotopic (exact) mass is 565 g/mol. The average Bonchev–Trinajstić information content (AvgIpc) is 3.43. The molecule has 10 heteroatoms. The van der Waals surface area contributed by atoms with Crippen molar-refractivity contribution < 1.29 is 19.5 Å². The fourth-order valence-corrected chi connectivity index (χ4v) is 6.24. The topological polar surface area (TPSA) is 127 Å². The van der Waals surface area contributed by atoms with E-state index in [1.54, 1.807) is 11.3 Å². The minimum absolute atomic E-state index is 0.00984. The van der Waals surface area contributed by atoms with Crippen LogP contribution in [0.15, 0.2) is 29.8 Å². The lowest BCUT2D eigenvalue weighted by Gasteiger charge is -2.44. The number of nitriles is 1. The predicted octanol–water partition coefficient (Wildman–Crippen LogP) is 3.65. The van der Waals surface area contributed by atoms with Gasteiger partial charge < -0.3 is 20.2 Å². The van der Waals surface area contributed by atoms with Crippen molar-refractivity contribution in [2.45, 2.75) is 91.6 Å². The van der Waals surface area contributed by atoms with Crippen LogP contribution in [0.5, 0.6) is 0 Å². The third-order valence-electron chi connectivity index (χ3n) is 7.79. The molecule has 214 valence electrons. The van der Waals surface area contributed by atoms with Crippen LogP contribution in [0.1, 0.15) is 65.1 Å². The van der Waals surface area contributed by atoms with Gasteiger partial charge in [0, 0.05) is 25.6 Å². The van der Waals surface area contributed by atoms with Crippen LogP contribution >= 0.6 is 11.3 Å². The number of rotatable bonds is 8. The Morgan fingerprint density at radius 1 is 1.25 bits per heavy atom. The number of likely N-dealkylation sites (tertiary alicyclic amines) is 1. The summed E-state index contributed by atoms with van der Waals surface area (Å²) in [4.78, 5) is 49.4. The Kier molecular flexibility index (Phi) is 8.38. The number of carbonyl (C=O) groups excluding carboxylic acids is 3. The molecule has 40 heavy (non-hydrogen) atoms. The van der Waals surface area contributed by atoms with Gasteiger partial charge in [-0.15, -0.1) is 11.3 Å². The van der Waals surface area contributed by atoms with Crippen molar-refractivity contribution in [2.24, 2.45) is 10.8 Å². The van der Waals surface area contributed by atoms with E-state index in [9.17, 15) is 24.8 Å². The van der Waals surface area contributed by atoms with Gasteiger partial charge in [0.15, 0.2) is 0 Å². The molecule has 1 aliphatic carbocycles. The van der Waals surface area contributed by atoms with Gasteiger partial charge in [0.2, 0.25) is 17.7 Å². The molecular formula is C30H39N5O4S. The molecule has 0 unspecified atom stereocenters. The number of aromatic nitrogens is 1. The van der Waals surface area contributed by atoms with E-state index in [2.05, 4.69) is 16.4 Å². The molecule has 0 spiro atoms. The van der Waals surface area contributed by atoms with Crippen LogP contribution in [0, 0.1) is 29.1 Å². The summed E-state index contributed by atoms with van der Waals surface area (Å²) in [6, 6.07) is 7.97. The molecule has 1 aromatic carbocycles. The Hall–Kier alpha value is -3.29. The van der Waals surface area contributed by atoms with Crippen molar-refractivity contribution in [3.63, 3.8) is 0 Å². The number of thiazole rings is 1. The lowest BCUT2D eigenvalue weighted by atomic mass is 9.83. The second kappa shape index (κ2) is 11.3. The highest BCUT2D eigenvalue weighted by molar-refractivity contribution is 7.13. The van der Waals surface area contributed by atoms with Crippen molar-refractivity contribution in [3.05, 3.63) is 41.0 Å². The molecule has 2 N–H and O–H groups in total. The number of hydrogen-bond donors (Lipinski definition) is 2. The van der Waals surface area contributed by atoms with Crippen LogP contribution in [-0.2, 0) is 20.9 Å². The summed E-state index contributed by atoms with van der Waals surface area (Å²) in [6.07, 6.45) is 0.235. The molecule has 9 nitrogen and oxygen atoms in total. The number of aliphatic hydroxyl groups excluding tert-OH is 1. The summed E-state index contributed by atoms with van der Waals surface area (Å²) < 4.78 is 0. The molecule has 3 atom stereocenters. The zero-order valence-electron chi connectivity index (χ0n) is 24.1. The Labute approximate surface area is 240 Å². The Balaban J connectivity index is 1.51. The maximum atomic E-state index is 14.1. The first-order valence-electron chi connectivity index (χ1n) is 13.8. The lowest BCUT2D eigenvalue weighted by Crippen LogP contribution is -2.61. The van der Waals surface area contributed by atoms with Gasteiger partial charge >= 0.3 is 0 Å². The zero-order valence-corrected chi connectivity index (χ0v) is 24.9. The fourth-order valence-electron chi connectivity index (χ4n) is 5.43. The van der Waals surface area contributed by atoms with E-state index >= 15 is 0 Å². The maximum absolute atomic E-state index is 14.1. The van der Waals surface area contributed by atoms with E-state index in [4.69, 9.17) is 0 Å². The SMILES string of the molecule is Cc1ncsc1-c1ccc(CNC(=O)[C@@H]2C[C@@H](O)CN2C(=O)[C@@H](N(C(=O)C2(C#N)CC2)C(C)C)C(C)(C)C)cc1. The number of aliphatic hydroxyl groups is 1. The van der Waals surface area contributed by atoms with Crippen molar-refractivity contribution in [1.82, 2.24) is 20.1 Å². The number of amides is 3. The first-order valence-corrected chi connectivity index (χ1v) is 14.7. The summed E-state index contributed by atoms with van der Waals surface area (Å²) >= 11 is 1.58. The Morgan fingerprint density at radius 3 is 2.40 bits per heavy atom. The number of benzene rings is 1. The Bertz CT molecular complexity index is 1300. The molecule has 0 bridgehead atoms. The van der Waals surface area contributed by atoms with Gasteiger partial charge in [-0.25, -0.2) is 4.98 Å². The predicted molar refractivity (Wildman–Crippen MR) is 153 cm³/mol. The minimum Gasteiger partial charge on any atom is -0.391 e. The number of nitrogens with one attached hydrogen (secondary N) is 1. The van der Waals surface area contributed by atoms with Crippen LogP contribution in [0.2, 0.25) is 0 Å². The highest BCUT2D eigenvalue weighted by Gasteiger charge is 2.57. The number of β-amino-alcohol motifs (C(OH)–C–C–N with tert-alkyl or cyclic N) is 1. The van der Waals surface area contributed by atoms with Gasteiger partial charge in [0.05, 0.1) is 28.3 Å². The number of aryl methyl sites for hydroxylation is 1. The van der Waals surface area contributed by atoms with Gasteiger partial charge in [-0.1, -0.05) is 45.0 Å². The molecule has 3 amide bonds. The van der Waals surface area contributed by atoms with Crippen LogP contribution < -0.4 is 5.32 Å². The van der Waals surface area contributed by atoms with Gasteiger partial charge in [-0.3, -0.25) is 14.4 Å². The van der Waals surface area contributed by atoms with Gasteiger partial charge in [-0.2, -0.15) is 5.26 Å². The van der Waals surface area contributed by atoms with Crippen LogP contribution in [0.3, 0.4) is 0 Å². The third-order valence-corrected chi connectivity index (χ3v) is 8.77. The van der Waals surface area contributed by atoms with Gasteiger partial charge in [-0.05, 0) is 50.2 Å². The number of hydrogen-bond acceptors (Lipinski definition) is 7. The smallest absolute Gasteiger partial charge is 0.246 e. The largest absolute Gasteiger partial charge is 0.391 e. The second-order valence-corrected chi connectivity index (χ2v) is 13.2. The van der Waals surface area contributed by atoms with Crippen LogP contribution in [0.25, 0.3) is 10.4 Å². The highest BCUT2D eigenvalue weighted by Crippen LogP contribution is 2.48. The van der Waals surface area contributed by atoms with Crippen molar-refractivity contribution >= 4 is 29.1 Å². The summed E-state index contributed by atoms with van der Waals surface area (Å²) in [6.45, 7) is 11.6. The van der Waals surface area contributed by atoms with E-state index in [-0.39, 0.29) is 43.3 Å². The molecule has 2 heterocycles. The molecule has 0 radical (unpaired) electrons. The van der Waals surface area contributed by atoms with Crippen molar-refractivity contribution in [2.75, 3.05) is 6.54 Å². The van der Waals surface area contributed by atoms with Crippen LogP contribution in [-0.4, -0.2) is 68.4 Å². The van der Waals surface area contributed by atoms with Gasteiger partial charge in [0.25, 0.3) is 0 Å². The van der Waals surface area contributed by atoms with E-state index in [1.165, 1.54) is 9.80 Å². The van der Waals surface area contributed by atoms with Crippen LogP contribution in [0.4, 0.5) is 0 Å². The first-order chi connectivity index (χ1) is 18.8. The second-order valence-electron chi connectivity index (χ2n) is 12.3. The quantitative estimate of drug-likeness (QED) is 0.503. The molecule has 1 aliphatic heterocycles. The van der Waals surface area contributed by atoms with E-state index in [1.807, 2.05) is 71.3 Å². The summed E-state index contributed by atoms with van der Waals surface area (Å²) in [5.41, 5.74) is 3.01. The maximum Gasteiger partial charge on any atom is 0.246 e. The van der Waals surface area contributed by atoms with E-state index in [0.717, 1.165) is 21.7 Å². The first kappa shape index (κ1) is 29.7. The highest BCUT2D eigenvalue weighted by atomic mass is 32.1. The Morgan fingerprint density at radius 2 is 1.90 bits per heavy atom. The average molecular weight is 566 g/mol. The molecule has 1 saturated carbocycles. The van der Waals surface area contributed by atoms with E-state index < -0.39 is 29.0 Å². The normalized spacial score (nSPS) is 20.6. The standard InChI is InChI=1S/C30H39N5O4S/c1-18(2)35(28(39)30(16-31)11-12-30)25(29(4,5)6)27(38)34-15-22(36)13-23(34)26(37)32-14-20-7-9-21(10-8-20)24-19(3)33-17-40-24/h7-10,17-18,22-23,25,36H,11-15H2,1-6H3,(H,32,37)/t22-,23+,25-/m1/s1. The van der Waals surface area contributed by atoms with Crippen molar-refractivity contribution in [3.8, 4) is 16.5 Å². The molecule has 2 aromatic rings. The summed E-state index contributed by atoms with van der Waals surface area (Å²) in [5.74, 6) is -1.07. The summed E-state index contributed by atoms with van der Waals surface area (Å²) in [7, 11) is 0. The fraction of sp³-hybridized carbons (Fsp3) is 0.567. The molecule has 1 aromatic heterocycles. The van der Waals surface area contributed by atoms with Gasteiger partial charge in [0.1, 0.15) is 17.5 Å². The molecule has 2 fully saturated rings. The molecular weight excluding hydrogens is 526 g/mol. The molecule has 1 saturated heterocycles. The third kappa shape index (κ3) is 5.91. The number of nitrogens with zero attached hydrogens (tertiary/aromatic N) is 4. The minimum atomic E-state index is -1.08. The summed E-state index contributed by atoms with van der Waals surface area (Å²) in [5, 5.41) is 23.1.